The van der Waals surface area contributed by atoms with Gasteiger partial charge in [0.25, 0.3) is 0 Å². The van der Waals surface area contributed by atoms with Gasteiger partial charge in [-0.1, -0.05) is 37.3 Å². The highest BCUT2D eigenvalue weighted by Gasteiger charge is 2.10. The van der Waals surface area contributed by atoms with E-state index in [4.69, 9.17) is 18.0 Å². The molecule has 1 aromatic carbocycles. The molecule has 0 amide bonds. The van der Waals surface area contributed by atoms with Gasteiger partial charge in [0, 0.05) is 5.69 Å². The summed E-state index contributed by atoms with van der Waals surface area (Å²) in [6.45, 7) is 4.17. The van der Waals surface area contributed by atoms with E-state index in [1.165, 1.54) is 5.56 Å². The molecule has 0 aliphatic rings. The summed E-state index contributed by atoms with van der Waals surface area (Å²) in [6.07, 6.45) is 2.52. The topological polar surface area (TPSA) is 63.8 Å². The summed E-state index contributed by atoms with van der Waals surface area (Å²) in [7, 11) is 0. The van der Waals surface area contributed by atoms with E-state index in [0.29, 0.717) is 16.4 Å². The van der Waals surface area contributed by atoms with E-state index in [9.17, 15) is 0 Å². The number of nitrogens with zero attached hydrogens (tertiary/aromatic N) is 2. The molecule has 5 heteroatoms. The maximum Gasteiger partial charge on any atom is 0.163 e. The van der Waals surface area contributed by atoms with E-state index in [2.05, 4.69) is 41.5 Å². The second-order valence-electron chi connectivity index (χ2n) is 4.25. The molecule has 0 aliphatic carbocycles. The van der Waals surface area contributed by atoms with Crippen molar-refractivity contribution in [1.82, 2.24) is 10.2 Å². The van der Waals surface area contributed by atoms with Crippen LogP contribution in [0.3, 0.4) is 0 Å². The van der Waals surface area contributed by atoms with Crippen molar-refractivity contribution in [3.05, 3.63) is 47.2 Å². The molecule has 98 valence electrons. The smallest absolute Gasteiger partial charge is 0.163 e. The highest BCUT2D eigenvalue weighted by Crippen LogP contribution is 2.25. The van der Waals surface area contributed by atoms with Crippen LogP contribution in [0.25, 0.3) is 0 Å². The van der Waals surface area contributed by atoms with Crippen molar-refractivity contribution in [3.8, 4) is 0 Å². The SMILES string of the molecule is CCc1cccc(C)c1Nc1nnccc1C(N)=S. The van der Waals surface area contributed by atoms with Gasteiger partial charge in [-0.05, 0) is 30.5 Å². The van der Waals surface area contributed by atoms with E-state index in [0.717, 1.165) is 17.7 Å². The third kappa shape index (κ3) is 2.88. The molecule has 0 spiro atoms. The Labute approximate surface area is 118 Å². The lowest BCUT2D eigenvalue weighted by Crippen LogP contribution is -2.14. The van der Waals surface area contributed by atoms with Crippen LogP contribution >= 0.6 is 12.2 Å². The van der Waals surface area contributed by atoms with Crippen molar-refractivity contribution in [2.24, 2.45) is 5.73 Å². The van der Waals surface area contributed by atoms with Crippen LogP contribution in [0, 0.1) is 6.92 Å². The minimum atomic E-state index is 0.309. The number of nitrogens with two attached hydrogens (primary N) is 1. The fourth-order valence-corrected chi connectivity index (χ4v) is 2.11. The number of benzene rings is 1. The molecule has 1 heterocycles. The number of hydrogen-bond donors (Lipinski definition) is 2. The van der Waals surface area contributed by atoms with Crippen LogP contribution in [0.4, 0.5) is 11.5 Å². The lowest BCUT2D eigenvalue weighted by atomic mass is 10.1. The number of anilines is 2. The largest absolute Gasteiger partial charge is 0.389 e. The second-order valence-corrected chi connectivity index (χ2v) is 4.69. The van der Waals surface area contributed by atoms with Gasteiger partial charge < -0.3 is 11.1 Å². The van der Waals surface area contributed by atoms with Gasteiger partial charge in [-0.3, -0.25) is 0 Å². The molecule has 0 saturated heterocycles. The Hall–Kier alpha value is -2.01. The van der Waals surface area contributed by atoms with Gasteiger partial charge in [0.1, 0.15) is 4.99 Å². The van der Waals surface area contributed by atoms with E-state index < -0.39 is 0 Å². The molecule has 2 rings (SSSR count). The molecule has 19 heavy (non-hydrogen) atoms. The van der Waals surface area contributed by atoms with Crippen LogP contribution in [-0.2, 0) is 6.42 Å². The van der Waals surface area contributed by atoms with Crippen molar-refractivity contribution in [1.29, 1.82) is 0 Å². The first-order chi connectivity index (χ1) is 9.13. The molecule has 0 unspecified atom stereocenters. The molecule has 1 aromatic heterocycles. The maximum absolute atomic E-state index is 5.70. The van der Waals surface area contributed by atoms with Gasteiger partial charge >= 0.3 is 0 Å². The zero-order chi connectivity index (χ0) is 13.8. The number of aryl methyl sites for hydroxylation is 2. The van der Waals surface area contributed by atoms with E-state index >= 15 is 0 Å². The lowest BCUT2D eigenvalue weighted by Gasteiger charge is -2.14. The summed E-state index contributed by atoms with van der Waals surface area (Å²) < 4.78 is 0. The summed E-state index contributed by atoms with van der Waals surface area (Å²) >= 11 is 5.03. The molecular weight excluding hydrogens is 256 g/mol. The predicted octanol–water partition coefficient (Wildman–Crippen LogP) is 2.73. The highest BCUT2D eigenvalue weighted by atomic mass is 32.1. The number of para-hydroxylation sites is 1. The molecule has 0 bridgehead atoms. The fourth-order valence-electron chi connectivity index (χ4n) is 1.94. The van der Waals surface area contributed by atoms with Gasteiger partial charge in [0.2, 0.25) is 0 Å². The van der Waals surface area contributed by atoms with Gasteiger partial charge in [-0.2, -0.15) is 5.10 Å². The Balaban J connectivity index is 2.45. The Kier molecular flexibility index (Phi) is 4.06. The molecule has 2 aromatic rings. The molecule has 0 aliphatic heterocycles. The summed E-state index contributed by atoms with van der Waals surface area (Å²) in [5.74, 6) is 0.596. The second kappa shape index (κ2) is 5.75. The van der Waals surface area contributed by atoms with Crippen LogP contribution in [0.1, 0.15) is 23.6 Å². The Morgan fingerprint density at radius 2 is 2.16 bits per heavy atom. The van der Waals surface area contributed by atoms with E-state index in [1.807, 2.05) is 6.07 Å². The third-order valence-corrected chi connectivity index (χ3v) is 3.19. The van der Waals surface area contributed by atoms with Gasteiger partial charge in [-0.25, -0.2) is 0 Å². The predicted molar refractivity (Wildman–Crippen MR) is 81.8 cm³/mol. The van der Waals surface area contributed by atoms with Crippen molar-refractivity contribution >= 4 is 28.7 Å². The number of thiocarbonyl (C=S) groups is 1. The summed E-state index contributed by atoms with van der Waals surface area (Å²) in [6, 6.07) is 7.95. The Morgan fingerprint density at radius 1 is 1.37 bits per heavy atom. The van der Waals surface area contributed by atoms with E-state index in [1.54, 1.807) is 12.3 Å². The summed E-state index contributed by atoms with van der Waals surface area (Å²) in [4.78, 5) is 0.309. The first-order valence-electron chi connectivity index (χ1n) is 6.10. The van der Waals surface area contributed by atoms with Crippen molar-refractivity contribution in [2.45, 2.75) is 20.3 Å². The summed E-state index contributed by atoms with van der Waals surface area (Å²) in [5.41, 5.74) is 9.82. The van der Waals surface area contributed by atoms with Crippen LogP contribution in [-0.4, -0.2) is 15.2 Å². The Bertz CT molecular complexity index is 610. The number of rotatable bonds is 4. The normalized spacial score (nSPS) is 10.2. The van der Waals surface area contributed by atoms with Crippen molar-refractivity contribution in [2.75, 3.05) is 5.32 Å². The standard InChI is InChI=1S/C14H16N4S/c1-3-10-6-4-5-9(2)12(10)17-14-11(13(15)19)7-8-16-18-14/h4-8H,3H2,1-2H3,(H2,15,19)(H,17,18). The zero-order valence-corrected chi connectivity index (χ0v) is 11.8. The molecule has 3 N–H and O–H groups in total. The molecule has 0 radical (unpaired) electrons. The maximum atomic E-state index is 5.70. The first-order valence-corrected chi connectivity index (χ1v) is 6.51. The molecular formula is C14H16N4S. The highest BCUT2D eigenvalue weighted by molar-refractivity contribution is 7.80. The van der Waals surface area contributed by atoms with Crippen LogP contribution < -0.4 is 11.1 Å². The Morgan fingerprint density at radius 3 is 2.84 bits per heavy atom. The average molecular weight is 272 g/mol. The van der Waals surface area contributed by atoms with E-state index in [-0.39, 0.29) is 0 Å². The van der Waals surface area contributed by atoms with Gasteiger partial charge in [-0.15, -0.1) is 5.10 Å². The molecule has 4 nitrogen and oxygen atoms in total. The van der Waals surface area contributed by atoms with Crippen LogP contribution in [0.15, 0.2) is 30.5 Å². The molecule has 0 fully saturated rings. The monoisotopic (exact) mass is 272 g/mol. The average Bonchev–Trinajstić information content (AvgIpc) is 2.41. The lowest BCUT2D eigenvalue weighted by molar-refractivity contribution is 1.03. The number of aromatic nitrogens is 2. The molecule has 0 atom stereocenters. The third-order valence-electron chi connectivity index (χ3n) is 2.97. The summed E-state index contributed by atoms with van der Waals surface area (Å²) in [5, 5.41) is 11.3. The van der Waals surface area contributed by atoms with Crippen LogP contribution in [0.5, 0.6) is 0 Å². The van der Waals surface area contributed by atoms with Gasteiger partial charge in [0.05, 0.1) is 11.8 Å². The fraction of sp³-hybridized carbons (Fsp3) is 0.214. The van der Waals surface area contributed by atoms with Gasteiger partial charge in [0.15, 0.2) is 5.82 Å². The minimum Gasteiger partial charge on any atom is -0.389 e. The quantitative estimate of drug-likeness (QED) is 0.838. The van der Waals surface area contributed by atoms with Crippen molar-refractivity contribution < 1.29 is 0 Å². The number of nitrogens with one attached hydrogen (secondary N) is 1. The minimum absolute atomic E-state index is 0.309. The zero-order valence-electron chi connectivity index (χ0n) is 11.0. The first kappa shape index (κ1) is 13.4. The number of hydrogen-bond acceptors (Lipinski definition) is 4. The molecule has 0 saturated carbocycles. The van der Waals surface area contributed by atoms with Crippen LogP contribution in [0.2, 0.25) is 0 Å². The van der Waals surface area contributed by atoms with Crippen molar-refractivity contribution in [3.63, 3.8) is 0 Å².